The molecule has 1 aliphatic heterocycles. The highest BCUT2D eigenvalue weighted by molar-refractivity contribution is 6.30. The molecule has 0 unspecified atom stereocenters. The Morgan fingerprint density at radius 1 is 0.744 bits per heavy atom. The smallest absolute Gasteiger partial charge is 0.273 e. The lowest BCUT2D eigenvalue weighted by atomic mass is 9.55. The molecule has 2 bridgehead atoms. The third kappa shape index (κ3) is 4.07. The normalized spacial score (nSPS) is 21.2. The van der Waals surface area contributed by atoms with Crippen LogP contribution in [0.3, 0.4) is 0 Å². The van der Waals surface area contributed by atoms with Crippen molar-refractivity contribution in [3.8, 4) is 0 Å². The number of rotatable bonds is 6. The molecule has 3 amide bonds. The van der Waals surface area contributed by atoms with Gasteiger partial charge in [-0.15, -0.1) is 0 Å². The van der Waals surface area contributed by atoms with Crippen LogP contribution < -0.4 is 0 Å². The molecule has 0 saturated carbocycles. The standard InChI is InChI=1S/C33H22ClN3O6/c34-20-14-12-18(13-15-20)31(39)35(17-26(38)19-6-5-7-21(16-19)37(42)43)36-32(40)29-27-22-8-1-2-9-23(22)28(30(29)33(36)41)25-11-4-3-10-24(25)27/h1-16,27-30H,17H2/t27?,28?,29-,30-/m0/s1. The van der Waals surface area contributed by atoms with Crippen LogP contribution in [0.4, 0.5) is 5.69 Å². The van der Waals surface area contributed by atoms with E-state index in [1.54, 1.807) is 0 Å². The number of hydrogen-bond acceptors (Lipinski definition) is 6. The first-order chi connectivity index (χ1) is 20.8. The van der Waals surface area contributed by atoms with Gasteiger partial charge in [-0.1, -0.05) is 72.3 Å². The van der Waals surface area contributed by atoms with Gasteiger partial charge in [0.05, 0.1) is 16.8 Å². The number of carbonyl (C=O) groups is 4. The summed E-state index contributed by atoms with van der Waals surface area (Å²) < 4.78 is 0. The number of benzene rings is 4. The molecule has 8 rings (SSSR count). The second kappa shape index (κ2) is 9.99. The molecule has 0 aromatic heterocycles. The van der Waals surface area contributed by atoms with Crippen LogP contribution in [0.25, 0.3) is 0 Å². The van der Waals surface area contributed by atoms with E-state index in [1.807, 2.05) is 48.5 Å². The molecule has 1 fully saturated rings. The minimum Gasteiger partial charge on any atom is -0.292 e. The first kappa shape index (κ1) is 26.7. The maximum Gasteiger partial charge on any atom is 0.273 e. The molecule has 43 heavy (non-hydrogen) atoms. The van der Waals surface area contributed by atoms with Gasteiger partial charge in [-0.25, -0.2) is 5.01 Å². The highest BCUT2D eigenvalue weighted by atomic mass is 35.5. The number of hydrazine groups is 1. The lowest BCUT2D eigenvalue weighted by Crippen LogP contribution is -2.52. The maximum atomic E-state index is 14.3. The fraction of sp³-hybridized carbons (Fsp3) is 0.152. The number of nitro benzene ring substituents is 1. The van der Waals surface area contributed by atoms with Crippen molar-refractivity contribution in [2.75, 3.05) is 6.54 Å². The van der Waals surface area contributed by atoms with Crippen molar-refractivity contribution < 1.29 is 24.1 Å². The SMILES string of the molecule is O=C(CN(C(=O)c1ccc(Cl)cc1)N1C(=O)[C@H]2C3c4ccccc4C(c4ccccc43)[C@@H]2C1=O)c1cccc([N+](=O)[O-])c1. The van der Waals surface area contributed by atoms with Gasteiger partial charge in [0.2, 0.25) is 0 Å². The molecule has 3 aliphatic carbocycles. The number of ketones is 1. The molecule has 1 heterocycles. The molecular formula is C33H22ClN3O6. The summed E-state index contributed by atoms with van der Waals surface area (Å²) in [6, 6.07) is 26.5. The van der Waals surface area contributed by atoms with Gasteiger partial charge >= 0.3 is 0 Å². The molecule has 4 aromatic carbocycles. The third-order valence-corrected chi connectivity index (χ3v) is 8.92. The molecule has 0 radical (unpaired) electrons. The Hall–Kier alpha value is -5.15. The van der Waals surface area contributed by atoms with Crippen LogP contribution >= 0.6 is 11.6 Å². The van der Waals surface area contributed by atoms with E-state index in [0.29, 0.717) is 5.02 Å². The van der Waals surface area contributed by atoms with Crippen molar-refractivity contribution in [1.82, 2.24) is 10.0 Å². The molecule has 4 aliphatic rings. The number of amides is 3. The zero-order valence-corrected chi connectivity index (χ0v) is 23.2. The van der Waals surface area contributed by atoms with E-state index >= 15 is 0 Å². The largest absolute Gasteiger partial charge is 0.292 e. The molecule has 0 N–H and O–H groups in total. The number of nitro groups is 1. The number of Topliss-reactive ketones (excluding diaryl/α,β-unsaturated/α-hetero) is 1. The Morgan fingerprint density at radius 3 is 1.74 bits per heavy atom. The van der Waals surface area contributed by atoms with Gasteiger partial charge in [0, 0.05) is 40.1 Å². The summed E-state index contributed by atoms with van der Waals surface area (Å²) in [5.41, 5.74) is 3.67. The van der Waals surface area contributed by atoms with Crippen LogP contribution in [0.5, 0.6) is 0 Å². The highest BCUT2D eigenvalue weighted by Gasteiger charge is 2.63. The Bertz CT molecular complexity index is 1760. The number of halogens is 1. The summed E-state index contributed by atoms with van der Waals surface area (Å²) in [4.78, 5) is 66.9. The zero-order chi connectivity index (χ0) is 30.0. The average molecular weight is 592 g/mol. The number of nitrogens with zero attached hydrogens (tertiary/aromatic N) is 3. The van der Waals surface area contributed by atoms with Crippen molar-refractivity contribution in [3.63, 3.8) is 0 Å². The average Bonchev–Trinajstić information content (AvgIpc) is 3.29. The first-order valence-corrected chi connectivity index (χ1v) is 14.0. The van der Waals surface area contributed by atoms with Gasteiger partial charge in [0.25, 0.3) is 23.4 Å². The first-order valence-electron chi connectivity index (χ1n) is 13.7. The monoisotopic (exact) mass is 591 g/mol. The van der Waals surface area contributed by atoms with Crippen LogP contribution in [0.15, 0.2) is 97.1 Å². The number of imide groups is 1. The summed E-state index contributed by atoms with van der Waals surface area (Å²) in [6.07, 6.45) is 0. The Morgan fingerprint density at radius 2 is 1.26 bits per heavy atom. The van der Waals surface area contributed by atoms with E-state index < -0.39 is 58.6 Å². The number of hydrogen-bond donors (Lipinski definition) is 0. The minimum atomic E-state index is -0.768. The van der Waals surface area contributed by atoms with Crippen molar-refractivity contribution in [2.45, 2.75) is 11.8 Å². The van der Waals surface area contributed by atoms with Crippen molar-refractivity contribution in [3.05, 3.63) is 146 Å². The minimum absolute atomic E-state index is 0.0282. The topological polar surface area (TPSA) is 118 Å². The van der Waals surface area contributed by atoms with Gasteiger partial charge < -0.3 is 0 Å². The van der Waals surface area contributed by atoms with Crippen molar-refractivity contribution >= 4 is 40.8 Å². The van der Waals surface area contributed by atoms with E-state index in [-0.39, 0.29) is 16.8 Å². The van der Waals surface area contributed by atoms with Gasteiger partial charge in [-0.3, -0.25) is 29.3 Å². The van der Waals surface area contributed by atoms with Crippen LogP contribution in [0.1, 0.15) is 54.8 Å². The van der Waals surface area contributed by atoms with E-state index in [4.69, 9.17) is 11.6 Å². The molecule has 2 atom stereocenters. The van der Waals surface area contributed by atoms with E-state index in [1.165, 1.54) is 42.5 Å². The molecule has 10 heteroatoms. The second-order valence-electron chi connectivity index (χ2n) is 10.9. The van der Waals surface area contributed by atoms with Gasteiger partial charge in [-0.05, 0) is 46.5 Å². The van der Waals surface area contributed by atoms with Crippen molar-refractivity contribution in [2.24, 2.45) is 11.8 Å². The maximum absolute atomic E-state index is 14.3. The van der Waals surface area contributed by atoms with Crippen LogP contribution in [0.2, 0.25) is 5.02 Å². The Labute approximate surface area is 250 Å². The second-order valence-corrected chi connectivity index (χ2v) is 11.3. The summed E-state index contributed by atoms with van der Waals surface area (Å²) in [5, 5.41) is 13.4. The van der Waals surface area contributed by atoms with Gasteiger partial charge in [0.1, 0.15) is 6.54 Å². The Kier molecular flexibility index (Phi) is 6.21. The summed E-state index contributed by atoms with van der Waals surface area (Å²) in [6.45, 7) is -0.686. The Balaban J connectivity index is 1.32. The van der Waals surface area contributed by atoms with Crippen LogP contribution in [0, 0.1) is 22.0 Å². The molecule has 9 nitrogen and oxygen atoms in total. The molecule has 0 spiro atoms. The zero-order valence-electron chi connectivity index (χ0n) is 22.4. The lowest BCUT2D eigenvalue weighted by molar-refractivity contribution is -0.384. The summed E-state index contributed by atoms with van der Waals surface area (Å²) in [7, 11) is 0. The quantitative estimate of drug-likeness (QED) is 0.129. The fourth-order valence-corrected chi connectivity index (χ4v) is 7.02. The highest BCUT2D eigenvalue weighted by Crippen LogP contribution is 2.61. The number of carbonyl (C=O) groups excluding carboxylic acids is 4. The van der Waals surface area contributed by atoms with Gasteiger partial charge in [-0.2, -0.15) is 5.01 Å². The van der Waals surface area contributed by atoms with E-state index in [0.717, 1.165) is 38.3 Å². The van der Waals surface area contributed by atoms with Crippen LogP contribution in [-0.2, 0) is 9.59 Å². The predicted molar refractivity (Wildman–Crippen MR) is 155 cm³/mol. The van der Waals surface area contributed by atoms with Gasteiger partial charge in [0.15, 0.2) is 5.78 Å². The molecule has 4 aromatic rings. The molecular weight excluding hydrogens is 570 g/mol. The fourth-order valence-electron chi connectivity index (χ4n) is 6.89. The summed E-state index contributed by atoms with van der Waals surface area (Å²) >= 11 is 6.03. The predicted octanol–water partition coefficient (Wildman–Crippen LogP) is 5.38. The lowest BCUT2D eigenvalue weighted by Gasteiger charge is -2.45. The van der Waals surface area contributed by atoms with E-state index in [2.05, 4.69) is 0 Å². The van der Waals surface area contributed by atoms with Crippen LogP contribution in [-0.4, -0.2) is 45.0 Å². The van der Waals surface area contributed by atoms with E-state index in [9.17, 15) is 29.3 Å². The number of non-ortho nitro benzene ring substituents is 1. The van der Waals surface area contributed by atoms with Crippen molar-refractivity contribution in [1.29, 1.82) is 0 Å². The summed E-state index contributed by atoms with van der Waals surface area (Å²) in [5.74, 6) is -4.89. The molecule has 1 saturated heterocycles. The molecule has 212 valence electrons. The third-order valence-electron chi connectivity index (χ3n) is 8.66.